The molecule has 2 amide bonds. The lowest BCUT2D eigenvalue weighted by Crippen LogP contribution is -2.28. The molecule has 162 valence electrons. The second-order valence-corrected chi connectivity index (χ2v) is 7.36. The van der Waals surface area contributed by atoms with Gasteiger partial charge in [0.1, 0.15) is 0 Å². The molecule has 3 aromatic carbocycles. The van der Waals surface area contributed by atoms with Crippen molar-refractivity contribution in [2.24, 2.45) is 5.92 Å². The van der Waals surface area contributed by atoms with Crippen LogP contribution in [0.4, 0.5) is 17.1 Å². The van der Waals surface area contributed by atoms with Crippen molar-refractivity contribution in [2.45, 2.75) is 6.42 Å². The van der Waals surface area contributed by atoms with Crippen LogP contribution >= 0.6 is 0 Å². The maximum absolute atomic E-state index is 12.4. The van der Waals surface area contributed by atoms with Crippen molar-refractivity contribution >= 4 is 45.6 Å². The molecule has 32 heavy (non-hydrogen) atoms. The number of nitro benzene ring substituents is 1. The molecule has 1 heterocycles. The first-order chi connectivity index (χ1) is 15.4. The zero-order valence-electron chi connectivity index (χ0n) is 16.9. The first-order valence-corrected chi connectivity index (χ1v) is 9.91. The summed E-state index contributed by atoms with van der Waals surface area (Å²) >= 11 is 0. The van der Waals surface area contributed by atoms with Crippen LogP contribution in [0, 0.1) is 16.0 Å². The minimum atomic E-state index is -0.719. The molecule has 9 nitrogen and oxygen atoms in total. The molecule has 0 radical (unpaired) electrons. The summed E-state index contributed by atoms with van der Waals surface area (Å²) < 4.78 is 5.14. The lowest BCUT2D eigenvalue weighted by Gasteiger charge is -2.16. The highest BCUT2D eigenvalue weighted by molar-refractivity contribution is 6.03. The Morgan fingerprint density at radius 2 is 1.78 bits per heavy atom. The topological polar surface area (TPSA) is 119 Å². The second-order valence-electron chi connectivity index (χ2n) is 7.36. The third-order valence-corrected chi connectivity index (χ3v) is 5.24. The SMILES string of the molecule is O=C(COC(=O)[C@@H]1CC(=O)N(c2ccc([N+](=O)[O-])cc2)C1)Nc1cccc2ccccc12. The first kappa shape index (κ1) is 21.0. The third-order valence-electron chi connectivity index (χ3n) is 5.24. The van der Waals surface area contributed by atoms with Gasteiger partial charge >= 0.3 is 5.97 Å². The Kier molecular flexibility index (Phi) is 5.80. The lowest BCUT2D eigenvalue weighted by atomic mass is 10.1. The summed E-state index contributed by atoms with van der Waals surface area (Å²) in [5.41, 5.74) is 0.989. The number of carbonyl (C=O) groups excluding carboxylic acids is 3. The van der Waals surface area contributed by atoms with E-state index in [0.29, 0.717) is 11.4 Å². The highest BCUT2D eigenvalue weighted by Crippen LogP contribution is 2.27. The number of amides is 2. The fourth-order valence-electron chi connectivity index (χ4n) is 3.64. The highest BCUT2D eigenvalue weighted by atomic mass is 16.6. The molecule has 1 fully saturated rings. The summed E-state index contributed by atoms with van der Waals surface area (Å²) in [5.74, 6) is -2.13. The number of fused-ring (bicyclic) bond motifs is 1. The Hall–Kier alpha value is -4.27. The van der Waals surface area contributed by atoms with E-state index in [1.54, 1.807) is 6.07 Å². The zero-order chi connectivity index (χ0) is 22.7. The smallest absolute Gasteiger partial charge is 0.311 e. The number of hydrogen-bond donors (Lipinski definition) is 1. The average Bonchev–Trinajstić information content (AvgIpc) is 3.19. The van der Waals surface area contributed by atoms with E-state index in [9.17, 15) is 24.5 Å². The Morgan fingerprint density at radius 1 is 1.06 bits per heavy atom. The van der Waals surface area contributed by atoms with Gasteiger partial charge in [-0.3, -0.25) is 24.5 Å². The molecule has 1 aliphatic heterocycles. The van der Waals surface area contributed by atoms with E-state index in [4.69, 9.17) is 4.74 Å². The monoisotopic (exact) mass is 433 g/mol. The van der Waals surface area contributed by atoms with Crippen LogP contribution in [0.3, 0.4) is 0 Å². The standard InChI is InChI=1S/C23H19N3O6/c27-21(24-20-7-3-5-15-4-1-2-6-19(15)20)14-32-23(29)16-12-22(28)25(13-16)17-8-10-18(11-9-17)26(30)31/h1-11,16H,12-14H2,(H,24,27)/t16-/m1/s1. The largest absolute Gasteiger partial charge is 0.455 e. The van der Waals surface area contributed by atoms with E-state index >= 15 is 0 Å². The van der Waals surface area contributed by atoms with Crippen LogP contribution in [0.25, 0.3) is 10.8 Å². The molecule has 0 bridgehead atoms. The van der Waals surface area contributed by atoms with Crippen LogP contribution in [0.1, 0.15) is 6.42 Å². The molecule has 1 atom stereocenters. The van der Waals surface area contributed by atoms with Gasteiger partial charge in [-0.1, -0.05) is 36.4 Å². The number of hydrogen-bond acceptors (Lipinski definition) is 6. The van der Waals surface area contributed by atoms with Crippen LogP contribution in [0.15, 0.2) is 66.7 Å². The predicted octanol–water partition coefficient (Wildman–Crippen LogP) is 3.28. The van der Waals surface area contributed by atoms with Crippen LogP contribution in [-0.2, 0) is 19.1 Å². The van der Waals surface area contributed by atoms with Crippen LogP contribution in [0.2, 0.25) is 0 Å². The van der Waals surface area contributed by atoms with Gasteiger partial charge in [0.05, 0.1) is 10.8 Å². The number of nitrogens with zero attached hydrogens (tertiary/aromatic N) is 2. The minimum absolute atomic E-state index is 0.0548. The average molecular weight is 433 g/mol. The van der Waals surface area contributed by atoms with Crippen LogP contribution in [-0.4, -0.2) is 35.9 Å². The molecule has 4 rings (SSSR count). The summed E-state index contributed by atoms with van der Waals surface area (Å²) in [6.07, 6.45) is -0.0548. The number of rotatable bonds is 6. The van der Waals surface area contributed by atoms with Gasteiger partial charge in [0.15, 0.2) is 6.61 Å². The number of nitro groups is 1. The Bertz CT molecular complexity index is 1200. The molecule has 0 aliphatic carbocycles. The second kappa shape index (κ2) is 8.84. The normalized spacial score (nSPS) is 15.6. The summed E-state index contributed by atoms with van der Waals surface area (Å²) in [4.78, 5) is 48.6. The molecule has 1 aliphatic rings. The fraction of sp³-hybridized carbons (Fsp3) is 0.174. The summed E-state index contributed by atoms with van der Waals surface area (Å²) in [6, 6.07) is 18.6. The van der Waals surface area contributed by atoms with Crippen molar-refractivity contribution < 1.29 is 24.0 Å². The molecule has 1 saturated heterocycles. The molecule has 0 spiro atoms. The Labute approximate surface area is 182 Å². The molecule has 3 aromatic rings. The fourth-order valence-corrected chi connectivity index (χ4v) is 3.64. The minimum Gasteiger partial charge on any atom is -0.455 e. The van der Waals surface area contributed by atoms with Crippen molar-refractivity contribution in [1.29, 1.82) is 0 Å². The van der Waals surface area contributed by atoms with E-state index in [1.807, 2.05) is 36.4 Å². The number of ether oxygens (including phenoxy) is 1. The molecular weight excluding hydrogens is 414 g/mol. The van der Waals surface area contributed by atoms with Gasteiger partial charge in [-0.25, -0.2) is 0 Å². The molecule has 0 saturated carbocycles. The number of non-ortho nitro benzene ring substituents is 1. The number of anilines is 2. The molecule has 0 unspecified atom stereocenters. The summed E-state index contributed by atoms with van der Waals surface area (Å²) in [5, 5.41) is 15.4. The molecule has 0 aromatic heterocycles. The van der Waals surface area contributed by atoms with E-state index in [2.05, 4.69) is 5.32 Å². The van der Waals surface area contributed by atoms with Crippen molar-refractivity contribution in [3.05, 3.63) is 76.8 Å². The number of esters is 1. The van der Waals surface area contributed by atoms with Crippen molar-refractivity contribution in [2.75, 3.05) is 23.4 Å². The van der Waals surface area contributed by atoms with Crippen LogP contribution < -0.4 is 10.2 Å². The number of nitrogens with one attached hydrogen (secondary N) is 1. The first-order valence-electron chi connectivity index (χ1n) is 9.91. The van der Waals surface area contributed by atoms with Crippen molar-refractivity contribution in [1.82, 2.24) is 0 Å². The third kappa shape index (κ3) is 4.41. The van der Waals surface area contributed by atoms with E-state index in [1.165, 1.54) is 29.2 Å². The van der Waals surface area contributed by atoms with Crippen LogP contribution in [0.5, 0.6) is 0 Å². The lowest BCUT2D eigenvalue weighted by molar-refractivity contribution is -0.384. The number of benzene rings is 3. The summed E-state index contributed by atoms with van der Waals surface area (Å²) in [7, 11) is 0. The van der Waals surface area contributed by atoms with Gasteiger partial charge in [-0.15, -0.1) is 0 Å². The van der Waals surface area contributed by atoms with Gasteiger partial charge in [0.25, 0.3) is 11.6 Å². The van der Waals surface area contributed by atoms with Gasteiger partial charge in [0.2, 0.25) is 5.91 Å². The maximum atomic E-state index is 12.4. The van der Waals surface area contributed by atoms with Gasteiger partial charge in [-0.05, 0) is 23.6 Å². The van der Waals surface area contributed by atoms with E-state index in [-0.39, 0.29) is 24.6 Å². The summed E-state index contributed by atoms with van der Waals surface area (Å²) in [6.45, 7) is -0.384. The van der Waals surface area contributed by atoms with Gasteiger partial charge < -0.3 is 15.0 Å². The maximum Gasteiger partial charge on any atom is 0.311 e. The number of carbonyl (C=O) groups is 3. The van der Waals surface area contributed by atoms with E-state index in [0.717, 1.165) is 10.8 Å². The molecule has 1 N–H and O–H groups in total. The molecule has 9 heteroatoms. The predicted molar refractivity (Wildman–Crippen MR) is 117 cm³/mol. The zero-order valence-corrected chi connectivity index (χ0v) is 16.9. The van der Waals surface area contributed by atoms with Crippen molar-refractivity contribution in [3.8, 4) is 0 Å². The quantitative estimate of drug-likeness (QED) is 0.362. The van der Waals surface area contributed by atoms with Gasteiger partial charge in [-0.2, -0.15) is 0 Å². The van der Waals surface area contributed by atoms with Gasteiger partial charge in [0, 0.05) is 41.9 Å². The Morgan fingerprint density at radius 3 is 2.53 bits per heavy atom. The van der Waals surface area contributed by atoms with E-state index < -0.39 is 29.3 Å². The highest BCUT2D eigenvalue weighted by Gasteiger charge is 2.36. The Balaban J connectivity index is 1.33. The molecular formula is C23H19N3O6. The van der Waals surface area contributed by atoms with Crippen molar-refractivity contribution in [3.63, 3.8) is 0 Å².